The lowest BCUT2D eigenvalue weighted by atomic mass is 9.87. The normalized spacial score (nSPS) is 24.2. The summed E-state index contributed by atoms with van der Waals surface area (Å²) in [4.78, 5) is 46.4. The van der Waals surface area contributed by atoms with Crippen molar-refractivity contribution in [3.8, 4) is 11.3 Å². The molecular weight excluding hydrogens is 709 g/mol. The van der Waals surface area contributed by atoms with Gasteiger partial charge in [0.15, 0.2) is 0 Å². The van der Waals surface area contributed by atoms with Gasteiger partial charge >= 0.3 is 12.2 Å². The Morgan fingerprint density at radius 3 is 2.27 bits per heavy atom. The van der Waals surface area contributed by atoms with Crippen LogP contribution in [-0.2, 0) is 18.9 Å². The zero-order valence-corrected chi connectivity index (χ0v) is 33.8. The summed E-state index contributed by atoms with van der Waals surface area (Å²) in [6, 6.07) is 8.16. The first kappa shape index (κ1) is 39.4. The standard InChI is InChI=1S/C44H58N6O6/c1-43(2,3)55-41(51)49-21-13-14-36(49)39-45-26-34(47-39)30-17-15-29(16-18-30)31-19-20-33-35-27-46-40(48-35)37-25-32(28-50(37)42(52)56-44(4,5)6)53-22-11-9-7-8-10-12-23-54-38(33)24-31/h9,11,15-20,26-27,31-32,36-37H,7-8,10,12-14,21-25,28H2,1-6H3,(H,45,47)(H,46,48)/b11-9+/t31?,32-,36-,37-/m0/s1. The molecule has 4 atom stereocenters. The molecule has 3 aromatic rings. The van der Waals surface area contributed by atoms with E-state index in [1.807, 2.05) is 53.9 Å². The maximum absolute atomic E-state index is 13.4. The number of nitrogens with one attached hydrogen (secondary N) is 2. The second-order valence-corrected chi connectivity index (χ2v) is 17.3. The Balaban J connectivity index is 1.08. The Kier molecular flexibility index (Phi) is 11.8. The van der Waals surface area contributed by atoms with Gasteiger partial charge in [-0.3, -0.25) is 9.80 Å². The Morgan fingerprint density at radius 1 is 0.821 bits per heavy atom. The van der Waals surface area contributed by atoms with Gasteiger partial charge in [0.05, 0.1) is 61.7 Å². The number of carbonyl (C=O) groups excluding carboxylic acids is 2. The van der Waals surface area contributed by atoms with E-state index in [-0.39, 0.29) is 36.3 Å². The largest absolute Gasteiger partial charge is 0.497 e. The van der Waals surface area contributed by atoms with Crippen LogP contribution in [0.3, 0.4) is 0 Å². The van der Waals surface area contributed by atoms with Crippen molar-refractivity contribution in [3.05, 3.63) is 89.6 Å². The van der Waals surface area contributed by atoms with Gasteiger partial charge in [-0.1, -0.05) is 48.6 Å². The first-order valence-corrected chi connectivity index (χ1v) is 20.3. The van der Waals surface area contributed by atoms with Crippen LogP contribution >= 0.6 is 0 Å². The fourth-order valence-corrected chi connectivity index (χ4v) is 7.90. The number of carbonyl (C=O) groups is 2. The molecular formula is C44H58N6O6. The van der Waals surface area contributed by atoms with E-state index in [9.17, 15) is 9.59 Å². The quantitative estimate of drug-likeness (QED) is 0.252. The summed E-state index contributed by atoms with van der Waals surface area (Å²) in [5.41, 5.74) is 3.80. The predicted octanol–water partition coefficient (Wildman–Crippen LogP) is 9.54. The fraction of sp³-hybridized carbons (Fsp3) is 0.545. The van der Waals surface area contributed by atoms with E-state index in [0.29, 0.717) is 45.0 Å². The maximum Gasteiger partial charge on any atom is 0.411 e. The predicted molar refractivity (Wildman–Crippen MR) is 215 cm³/mol. The number of imidazole rings is 2. The monoisotopic (exact) mass is 766 g/mol. The highest BCUT2D eigenvalue weighted by Crippen LogP contribution is 2.39. The van der Waals surface area contributed by atoms with Crippen LogP contribution in [0.2, 0.25) is 0 Å². The van der Waals surface area contributed by atoms with Crippen molar-refractivity contribution in [3.63, 3.8) is 0 Å². The highest BCUT2D eigenvalue weighted by Gasteiger charge is 2.41. The smallest absolute Gasteiger partial charge is 0.411 e. The Labute approximate surface area is 330 Å². The minimum atomic E-state index is -0.616. The minimum absolute atomic E-state index is 0.124. The van der Waals surface area contributed by atoms with Crippen LogP contribution in [0.4, 0.5) is 9.59 Å². The molecule has 2 amide bonds. The maximum atomic E-state index is 13.4. The van der Waals surface area contributed by atoms with Crippen molar-refractivity contribution in [1.82, 2.24) is 29.7 Å². The highest BCUT2D eigenvalue weighted by molar-refractivity contribution is 5.75. The van der Waals surface area contributed by atoms with Crippen molar-refractivity contribution in [2.45, 2.75) is 128 Å². The molecule has 2 aromatic heterocycles. The number of aromatic nitrogens is 4. The van der Waals surface area contributed by atoms with Gasteiger partial charge in [-0.05, 0) is 91.2 Å². The molecule has 2 N–H and O–H groups in total. The number of likely N-dealkylation sites (tertiary alicyclic amines) is 2. The van der Waals surface area contributed by atoms with Crippen LogP contribution in [-0.4, -0.2) is 85.5 Å². The van der Waals surface area contributed by atoms with Crippen LogP contribution in [0.15, 0.2) is 66.7 Å². The zero-order valence-electron chi connectivity index (χ0n) is 33.8. The van der Waals surface area contributed by atoms with Gasteiger partial charge in [-0.25, -0.2) is 19.6 Å². The van der Waals surface area contributed by atoms with Crippen LogP contribution in [0.25, 0.3) is 16.8 Å². The van der Waals surface area contributed by atoms with Crippen LogP contribution in [0.5, 0.6) is 0 Å². The number of allylic oxidation sites excluding steroid dienone is 5. The molecule has 300 valence electrons. The Hall–Kier alpha value is -4.84. The van der Waals surface area contributed by atoms with Crippen molar-refractivity contribution in [2.75, 3.05) is 26.3 Å². The third-order valence-corrected chi connectivity index (χ3v) is 10.6. The van der Waals surface area contributed by atoms with Gasteiger partial charge in [-0.15, -0.1) is 0 Å². The molecule has 12 nitrogen and oxygen atoms in total. The molecule has 3 aliphatic heterocycles. The van der Waals surface area contributed by atoms with Gasteiger partial charge in [0.1, 0.15) is 28.6 Å². The molecule has 4 bridgehead atoms. The number of fused-ring (bicyclic) bond motifs is 6. The number of aromatic amines is 2. The summed E-state index contributed by atoms with van der Waals surface area (Å²) in [5.74, 6) is 2.54. The number of nitrogens with zero attached hydrogens (tertiary/aromatic N) is 4. The van der Waals surface area contributed by atoms with Crippen molar-refractivity contribution in [1.29, 1.82) is 0 Å². The molecule has 4 aliphatic rings. The van der Waals surface area contributed by atoms with E-state index in [2.05, 4.69) is 58.5 Å². The van der Waals surface area contributed by atoms with Crippen LogP contribution in [0, 0.1) is 0 Å². The summed E-state index contributed by atoms with van der Waals surface area (Å²) < 4.78 is 24.3. The number of hydrogen-bond donors (Lipinski definition) is 2. The molecule has 56 heavy (non-hydrogen) atoms. The lowest BCUT2D eigenvalue weighted by Gasteiger charge is -2.27. The molecule has 5 heterocycles. The Morgan fingerprint density at radius 2 is 1.52 bits per heavy atom. The number of hydrogen-bond acceptors (Lipinski definition) is 8. The summed E-state index contributed by atoms with van der Waals surface area (Å²) in [7, 11) is 0. The van der Waals surface area contributed by atoms with Gasteiger partial charge in [-0.2, -0.15) is 0 Å². The lowest BCUT2D eigenvalue weighted by Crippen LogP contribution is -2.37. The SMILES string of the molecule is CC(C)(C)OC(=O)N1C[C@@H]2C[C@H]1c1ncc([nH]1)C1=C(CC(c3ccc(-c4cnc([C@@H]5CCCN5C(=O)OC(C)(C)C)[nH]4)cc3)C=C1)OCCCCC/C=C/CO2. The van der Waals surface area contributed by atoms with Crippen LogP contribution in [0.1, 0.15) is 134 Å². The van der Waals surface area contributed by atoms with E-state index >= 15 is 0 Å². The minimum Gasteiger partial charge on any atom is -0.497 e. The number of benzene rings is 1. The molecule has 2 fully saturated rings. The second-order valence-electron chi connectivity index (χ2n) is 17.3. The number of rotatable bonds is 3. The van der Waals surface area contributed by atoms with Crippen molar-refractivity contribution in [2.24, 2.45) is 0 Å². The molecule has 12 heteroatoms. The van der Waals surface area contributed by atoms with Crippen molar-refractivity contribution < 1.29 is 28.5 Å². The van der Waals surface area contributed by atoms with E-state index in [4.69, 9.17) is 28.9 Å². The third kappa shape index (κ3) is 9.57. The lowest BCUT2D eigenvalue weighted by molar-refractivity contribution is 0.0176. The van der Waals surface area contributed by atoms with Gasteiger partial charge in [0, 0.05) is 30.9 Å². The van der Waals surface area contributed by atoms with Gasteiger partial charge < -0.3 is 28.9 Å². The Bertz CT molecular complexity index is 1930. The summed E-state index contributed by atoms with van der Waals surface area (Å²) >= 11 is 0. The first-order valence-electron chi connectivity index (χ1n) is 20.3. The molecule has 1 unspecified atom stereocenters. The van der Waals surface area contributed by atoms with E-state index in [0.717, 1.165) is 72.6 Å². The summed E-state index contributed by atoms with van der Waals surface area (Å²) in [5, 5.41) is 0. The summed E-state index contributed by atoms with van der Waals surface area (Å²) in [6.45, 7) is 13.6. The first-order chi connectivity index (χ1) is 26.8. The number of H-pyrrole nitrogens is 2. The molecule has 7 rings (SSSR count). The van der Waals surface area contributed by atoms with Gasteiger partial charge in [0.25, 0.3) is 0 Å². The molecule has 0 radical (unpaired) electrons. The molecule has 0 saturated carbocycles. The number of amides is 2. The third-order valence-electron chi connectivity index (χ3n) is 10.6. The number of ether oxygens (including phenoxy) is 4. The van der Waals surface area contributed by atoms with Gasteiger partial charge in [0.2, 0.25) is 0 Å². The molecule has 1 aliphatic carbocycles. The highest BCUT2D eigenvalue weighted by atomic mass is 16.6. The van der Waals surface area contributed by atoms with Crippen LogP contribution < -0.4 is 0 Å². The second kappa shape index (κ2) is 16.7. The zero-order chi connectivity index (χ0) is 39.5. The van der Waals surface area contributed by atoms with Crippen molar-refractivity contribution >= 4 is 17.8 Å². The van der Waals surface area contributed by atoms with E-state index in [1.165, 1.54) is 5.56 Å². The van der Waals surface area contributed by atoms with E-state index < -0.39 is 11.2 Å². The average Bonchev–Trinajstić information content (AvgIpc) is 3.97. The molecule has 0 spiro atoms. The molecule has 1 aromatic carbocycles. The topological polar surface area (TPSA) is 135 Å². The van der Waals surface area contributed by atoms with E-state index in [1.54, 1.807) is 9.80 Å². The fourth-order valence-electron chi connectivity index (χ4n) is 7.90. The average molecular weight is 767 g/mol. The molecule has 2 saturated heterocycles. The summed E-state index contributed by atoms with van der Waals surface area (Å²) in [6.07, 6.45) is 18.8.